The Labute approximate surface area is 110 Å². The Morgan fingerprint density at radius 3 is 1.53 bits per heavy atom. The van der Waals surface area contributed by atoms with Crippen molar-refractivity contribution in [2.45, 2.75) is 0 Å². The predicted molar refractivity (Wildman–Crippen MR) is 63.1 cm³/mol. The van der Waals surface area contributed by atoms with Gasteiger partial charge in [0.25, 0.3) is 0 Å². The smallest absolute Gasteiger partial charge is 0.409 e. The number of rotatable bonds is 1. The number of carbonyl (C=O) groups is 1. The van der Waals surface area contributed by atoms with E-state index in [-0.39, 0.29) is 30.8 Å². The van der Waals surface area contributed by atoms with Crippen LogP contribution in [0.2, 0.25) is 25.1 Å². The highest BCUT2D eigenvalue weighted by Crippen LogP contribution is 2.46. The number of hydrogen-bond acceptors (Lipinski definition) is 1. The molecule has 0 aliphatic rings. The fourth-order valence-electron chi connectivity index (χ4n) is 0.822. The van der Waals surface area contributed by atoms with Crippen molar-refractivity contribution < 1.29 is 9.90 Å². The van der Waals surface area contributed by atoms with Crippen LogP contribution >= 0.6 is 58.0 Å². The van der Waals surface area contributed by atoms with E-state index in [2.05, 4.69) is 0 Å². The molecule has 0 bridgehead atoms. The standard InChI is InChI=1S/C7H2Cl5NO2/c8-1-2(9)4(11)6(13-7(14)15)5(12)3(1)10/h13H,(H,14,15). The van der Waals surface area contributed by atoms with Crippen molar-refractivity contribution in [2.75, 3.05) is 5.32 Å². The third-order valence-electron chi connectivity index (χ3n) is 1.44. The second-order valence-corrected chi connectivity index (χ2v) is 4.26. The summed E-state index contributed by atoms with van der Waals surface area (Å²) >= 11 is 28.6. The normalized spacial score (nSPS) is 10.2. The van der Waals surface area contributed by atoms with Gasteiger partial charge in [-0.05, 0) is 0 Å². The molecular formula is C7H2Cl5NO2. The second kappa shape index (κ2) is 4.85. The molecule has 0 aliphatic carbocycles. The lowest BCUT2D eigenvalue weighted by Gasteiger charge is -2.11. The topological polar surface area (TPSA) is 49.3 Å². The monoisotopic (exact) mass is 307 g/mol. The van der Waals surface area contributed by atoms with Crippen LogP contribution in [0.15, 0.2) is 0 Å². The number of benzene rings is 1. The molecule has 1 aromatic carbocycles. The maximum Gasteiger partial charge on any atom is 0.409 e. The molecule has 15 heavy (non-hydrogen) atoms. The third-order valence-corrected chi connectivity index (χ3v) is 3.72. The van der Waals surface area contributed by atoms with E-state index in [1.807, 2.05) is 5.32 Å². The zero-order valence-electron chi connectivity index (χ0n) is 6.75. The Morgan fingerprint density at radius 2 is 1.20 bits per heavy atom. The van der Waals surface area contributed by atoms with Gasteiger partial charge < -0.3 is 5.11 Å². The number of halogens is 5. The van der Waals surface area contributed by atoms with E-state index in [0.29, 0.717) is 0 Å². The largest absolute Gasteiger partial charge is 0.465 e. The number of carboxylic acid groups (broad SMARTS) is 1. The quantitative estimate of drug-likeness (QED) is 0.564. The van der Waals surface area contributed by atoms with E-state index in [9.17, 15) is 4.79 Å². The average molecular weight is 309 g/mol. The summed E-state index contributed by atoms with van der Waals surface area (Å²) in [6.45, 7) is 0. The Morgan fingerprint density at radius 1 is 0.867 bits per heavy atom. The van der Waals surface area contributed by atoms with Gasteiger partial charge in [0.2, 0.25) is 0 Å². The van der Waals surface area contributed by atoms with Crippen LogP contribution in [0.3, 0.4) is 0 Å². The summed E-state index contributed by atoms with van der Waals surface area (Å²) < 4.78 is 0. The number of amides is 1. The van der Waals surface area contributed by atoms with E-state index >= 15 is 0 Å². The van der Waals surface area contributed by atoms with Crippen molar-refractivity contribution in [3.63, 3.8) is 0 Å². The van der Waals surface area contributed by atoms with Crippen LogP contribution in [0.5, 0.6) is 0 Å². The average Bonchev–Trinajstić information content (AvgIpc) is 2.18. The van der Waals surface area contributed by atoms with Gasteiger partial charge in [0.05, 0.1) is 30.8 Å². The molecule has 8 heteroatoms. The van der Waals surface area contributed by atoms with E-state index in [1.165, 1.54) is 0 Å². The van der Waals surface area contributed by atoms with E-state index in [0.717, 1.165) is 0 Å². The van der Waals surface area contributed by atoms with Crippen LogP contribution in [0.1, 0.15) is 0 Å². The first-order valence-electron chi connectivity index (χ1n) is 3.37. The van der Waals surface area contributed by atoms with Crippen LogP contribution in [-0.2, 0) is 0 Å². The molecule has 1 rings (SSSR count). The lowest BCUT2D eigenvalue weighted by Crippen LogP contribution is -2.08. The Balaban J connectivity index is 3.45. The number of hydrogen-bond donors (Lipinski definition) is 2. The molecular weight excluding hydrogens is 307 g/mol. The molecule has 0 saturated heterocycles. The summed E-state index contributed by atoms with van der Waals surface area (Å²) in [6, 6.07) is 0. The molecule has 0 fully saturated rings. The highest BCUT2D eigenvalue weighted by molar-refractivity contribution is 6.56. The van der Waals surface area contributed by atoms with Crippen LogP contribution in [0.25, 0.3) is 0 Å². The molecule has 82 valence electrons. The second-order valence-electron chi connectivity index (χ2n) is 2.38. The fraction of sp³-hybridized carbons (Fsp3) is 0. The maximum atomic E-state index is 10.4. The molecule has 0 spiro atoms. The van der Waals surface area contributed by atoms with Gasteiger partial charge in [-0.2, -0.15) is 0 Å². The van der Waals surface area contributed by atoms with Gasteiger partial charge >= 0.3 is 6.09 Å². The van der Waals surface area contributed by atoms with Crippen molar-refractivity contribution in [3.8, 4) is 0 Å². The first-order chi connectivity index (χ1) is 6.86. The lowest BCUT2D eigenvalue weighted by atomic mass is 10.3. The minimum Gasteiger partial charge on any atom is -0.465 e. The Kier molecular flexibility index (Phi) is 4.20. The Bertz CT molecular complexity index is 405. The van der Waals surface area contributed by atoms with Crippen molar-refractivity contribution in [2.24, 2.45) is 0 Å². The highest BCUT2D eigenvalue weighted by Gasteiger charge is 2.20. The van der Waals surface area contributed by atoms with Crippen LogP contribution in [0.4, 0.5) is 10.5 Å². The van der Waals surface area contributed by atoms with E-state index in [1.54, 1.807) is 0 Å². The molecule has 1 aromatic rings. The number of anilines is 1. The SMILES string of the molecule is O=C(O)Nc1c(Cl)c(Cl)c(Cl)c(Cl)c1Cl. The molecule has 0 heterocycles. The van der Waals surface area contributed by atoms with Gasteiger partial charge in [-0.1, -0.05) is 58.0 Å². The third kappa shape index (κ3) is 2.55. The van der Waals surface area contributed by atoms with E-state index in [4.69, 9.17) is 63.1 Å². The minimum atomic E-state index is -1.34. The zero-order valence-corrected chi connectivity index (χ0v) is 10.5. The number of nitrogens with one attached hydrogen (secondary N) is 1. The summed E-state index contributed by atoms with van der Waals surface area (Å²) in [7, 11) is 0. The summed E-state index contributed by atoms with van der Waals surface area (Å²) in [5.74, 6) is 0. The fourth-order valence-corrected chi connectivity index (χ4v) is 2.05. The summed E-state index contributed by atoms with van der Waals surface area (Å²) in [5.41, 5.74) is -0.0924. The zero-order chi connectivity index (χ0) is 11.7. The summed E-state index contributed by atoms with van der Waals surface area (Å²) in [6.07, 6.45) is -1.34. The van der Waals surface area contributed by atoms with Gasteiger partial charge in [0, 0.05) is 0 Å². The summed E-state index contributed by atoms with van der Waals surface area (Å²) in [5, 5.41) is 10.2. The predicted octanol–water partition coefficient (Wildman–Crippen LogP) is 5.04. The van der Waals surface area contributed by atoms with Crippen LogP contribution in [-0.4, -0.2) is 11.2 Å². The first-order valence-corrected chi connectivity index (χ1v) is 5.26. The van der Waals surface area contributed by atoms with Crippen molar-refractivity contribution in [1.29, 1.82) is 0 Å². The molecule has 0 aromatic heterocycles. The first kappa shape index (κ1) is 13.0. The molecule has 3 nitrogen and oxygen atoms in total. The molecule has 1 amide bonds. The lowest BCUT2D eigenvalue weighted by molar-refractivity contribution is 0.210. The Hall–Kier alpha value is -0.0600. The molecule has 0 aliphatic heterocycles. The van der Waals surface area contributed by atoms with Crippen LogP contribution in [0, 0.1) is 0 Å². The van der Waals surface area contributed by atoms with Gasteiger partial charge in [0.15, 0.2) is 0 Å². The van der Waals surface area contributed by atoms with Gasteiger partial charge in [0.1, 0.15) is 0 Å². The van der Waals surface area contributed by atoms with Gasteiger partial charge in [-0.3, -0.25) is 5.32 Å². The highest BCUT2D eigenvalue weighted by atomic mass is 35.5. The molecule has 0 saturated carbocycles. The van der Waals surface area contributed by atoms with Crippen LogP contribution < -0.4 is 5.32 Å². The van der Waals surface area contributed by atoms with Crippen molar-refractivity contribution in [3.05, 3.63) is 25.1 Å². The van der Waals surface area contributed by atoms with Gasteiger partial charge in [-0.25, -0.2) is 4.79 Å². The molecule has 0 radical (unpaired) electrons. The molecule has 0 unspecified atom stereocenters. The van der Waals surface area contributed by atoms with Gasteiger partial charge in [-0.15, -0.1) is 0 Å². The maximum absolute atomic E-state index is 10.4. The minimum absolute atomic E-state index is 0.0238. The van der Waals surface area contributed by atoms with E-state index < -0.39 is 6.09 Å². The summed E-state index contributed by atoms with van der Waals surface area (Å²) in [4.78, 5) is 10.4. The van der Waals surface area contributed by atoms with Crippen molar-refractivity contribution in [1.82, 2.24) is 0 Å². The van der Waals surface area contributed by atoms with Crippen molar-refractivity contribution >= 4 is 69.8 Å². The molecule has 2 N–H and O–H groups in total. The molecule has 0 atom stereocenters.